The second-order valence-electron chi connectivity index (χ2n) is 4.70. The maximum atomic E-state index is 5.68. The van der Waals surface area contributed by atoms with E-state index in [-0.39, 0.29) is 0 Å². The van der Waals surface area contributed by atoms with Crippen LogP contribution in [0.25, 0.3) is 0 Å². The number of rotatable bonds is 2. The summed E-state index contributed by atoms with van der Waals surface area (Å²) < 4.78 is 0. The van der Waals surface area contributed by atoms with Crippen molar-refractivity contribution in [2.24, 2.45) is 11.7 Å². The van der Waals surface area contributed by atoms with Crippen molar-refractivity contribution in [1.82, 2.24) is 15.1 Å². The summed E-state index contributed by atoms with van der Waals surface area (Å²) in [5.74, 6) is 2.26. The van der Waals surface area contributed by atoms with E-state index >= 15 is 0 Å². The molecule has 0 aromatic rings. The van der Waals surface area contributed by atoms with Gasteiger partial charge in [-0.05, 0) is 12.8 Å². The number of hydrogen-bond donors (Lipinski definition) is 2. The summed E-state index contributed by atoms with van der Waals surface area (Å²) in [4.78, 5) is 5.01. The van der Waals surface area contributed by atoms with E-state index in [0.717, 1.165) is 32.1 Å². The molecule has 3 N–H and O–H groups in total. The van der Waals surface area contributed by atoms with E-state index in [2.05, 4.69) is 15.1 Å². The summed E-state index contributed by atoms with van der Waals surface area (Å²) in [6, 6.07) is 0. The molecule has 0 atom stereocenters. The van der Waals surface area contributed by atoms with E-state index in [1.54, 1.807) is 0 Å². The quantitative estimate of drug-likeness (QED) is 0.656. The predicted molar refractivity (Wildman–Crippen MR) is 60.0 cm³/mol. The Morgan fingerprint density at radius 1 is 1.27 bits per heavy atom. The summed E-state index contributed by atoms with van der Waals surface area (Å²) in [5.41, 5.74) is 7.18. The summed E-state index contributed by atoms with van der Waals surface area (Å²) in [6.07, 6.45) is 2.67. The van der Waals surface area contributed by atoms with E-state index in [0.29, 0.717) is 0 Å². The highest BCUT2D eigenvalue weighted by Crippen LogP contribution is 2.36. The molecule has 1 saturated heterocycles. The molecular weight excluding hydrogens is 188 g/mol. The summed E-state index contributed by atoms with van der Waals surface area (Å²) in [7, 11) is 0. The molecule has 0 radical (unpaired) electrons. The molecule has 4 aliphatic heterocycles. The molecule has 0 aromatic heterocycles. The molecule has 0 unspecified atom stereocenters. The van der Waals surface area contributed by atoms with Crippen LogP contribution >= 0.6 is 0 Å². The first-order valence-electron chi connectivity index (χ1n) is 6.08. The lowest BCUT2D eigenvalue weighted by Gasteiger charge is -2.50. The molecule has 0 aliphatic carbocycles. The number of nitrogens with two attached hydrogens (primary N) is 1. The molecule has 0 saturated carbocycles. The van der Waals surface area contributed by atoms with E-state index in [1.807, 2.05) is 0 Å². The molecule has 4 heteroatoms. The van der Waals surface area contributed by atoms with Gasteiger partial charge in [-0.25, -0.2) is 0 Å². The maximum Gasteiger partial charge on any atom is 0.124 e. The third-order valence-electron chi connectivity index (χ3n) is 3.84. The van der Waals surface area contributed by atoms with Crippen LogP contribution in [-0.2, 0) is 0 Å². The number of allylic oxidation sites excluding steroid dienone is 1. The van der Waals surface area contributed by atoms with E-state index in [1.165, 1.54) is 37.4 Å². The summed E-state index contributed by atoms with van der Waals surface area (Å²) in [6.45, 7) is 6.44. The van der Waals surface area contributed by atoms with Gasteiger partial charge in [0.05, 0.1) is 5.70 Å². The SMILES string of the molecule is NCCN1CCNC2=C1N1CCC2CC1. The van der Waals surface area contributed by atoms with Gasteiger partial charge >= 0.3 is 0 Å². The van der Waals surface area contributed by atoms with Gasteiger partial charge in [0.15, 0.2) is 0 Å². The Balaban J connectivity index is 1.92. The summed E-state index contributed by atoms with van der Waals surface area (Å²) in [5, 5.41) is 3.60. The largest absolute Gasteiger partial charge is 0.383 e. The maximum absolute atomic E-state index is 5.68. The zero-order chi connectivity index (χ0) is 10.3. The fraction of sp³-hybridized carbons (Fsp3) is 0.818. The zero-order valence-electron chi connectivity index (χ0n) is 9.21. The van der Waals surface area contributed by atoms with Gasteiger partial charge in [0.2, 0.25) is 0 Å². The number of nitrogens with zero attached hydrogens (tertiary/aromatic N) is 2. The molecule has 4 rings (SSSR count). The van der Waals surface area contributed by atoms with Crippen LogP contribution in [0, 0.1) is 5.92 Å². The minimum Gasteiger partial charge on any atom is -0.383 e. The Bertz CT molecular complexity index is 278. The molecule has 0 aromatic carbocycles. The average molecular weight is 208 g/mol. The minimum absolute atomic E-state index is 0.759. The van der Waals surface area contributed by atoms with Gasteiger partial charge in [0.1, 0.15) is 5.82 Å². The van der Waals surface area contributed by atoms with Crippen molar-refractivity contribution in [2.45, 2.75) is 12.8 Å². The fourth-order valence-electron chi connectivity index (χ4n) is 3.13. The van der Waals surface area contributed by atoms with Crippen molar-refractivity contribution < 1.29 is 0 Å². The van der Waals surface area contributed by atoms with Gasteiger partial charge in [-0.15, -0.1) is 0 Å². The van der Waals surface area contributed by atoms with Crippen molar-refractivity contribution in [3.63, 3.8) is 0 Å². The van der Waals surface area contributed by atoms with Crippen LogP contribution in [-0.4, -0.2) is 49.1 Å². The summed E-state index contributed by atoms with van der Waals surface area (Å²) >= 11 is 0. The second kappa shape index (κ2) is 3.59. The van der Waals surface area contributed by atoms with E-state index in [9.17, 15) is 0 Å². The first-order chi connectivity index (χ1) is 7.40. The van der Waals surface area contributed by atoms with Crippen LogP contribution in [0.15, 0.2) is 11.5 Å². The predicted octanol–water partition coefficient (Wildman–Crippen LogP) is -0.255. The molecule has 4 aliphatic rings. The zero-order valence-corrected chi connectivity index (χ0v) is 9.21. The van der Waals surface area contributed by atoms with Crippen LogP contribution in [0.1, 0.15) is 12.8 Å². The lowest BCUT2D eigenvalue weighted by molar-refractivity contribution is 0.112. The van der Waals surface area contributed by atoms with Crippen molar-refractivity contribution in [2.75, 3.05) is 39.3 Å². The van der Waals surface area contributed by atoms with Crippen LogP contribution < -0.4 is 11.1 Å². The van der Waals surface area contributed by atoms with Crippen LogP contribution in [0.5, 0.6) is 0 Å². The highest BCUT2D eigenvalue weighted by Gasteiger charge is 2.37. The Labute approximate surface area is 91.1 Å². The van der Waals surface area contributed by atoms with Gasteiger partial charge in [0, 0.05) is 45.2 Å². The molecule has 2 bridgehead atoms. The number of nitrogens with one attached hydrogen (secondary N) is 1. The highest BCUT2D eigenvalue weighted by atomic mass is 15.4. The molecule has 0 amide bonds. The second-order valence-corrected chi connectivity index (χ2v) is 4.70. The third-order valence-corrected chi connectivity index (χ3v) is 3.84. The minimum atomic E-state index is 0.759. The molecule has 4 nitrogen and oxygen atoms in total. The number of hydrogen-bond acceptors (Lipinski definition) is 4. The monoisotopic (exact) mass is 208 g/mol. The van der Waals surface area contributed by atoms with E-state index in [4.69, 9.17) is 5.73 Å². The lowest BCUT2D eigenvalue weighted by Crippen LogP contribution is -2.54. The third kappa shape index (κ3) is 1.39. The van der Waals surface area contributed by atoms with Gasteiger partial charge in [-0.2, -0.15) is 0 Å². The molecule has 1 fully saturated rings. The Hall–Kier alpha value is -0.900. The highest BCUT2D eigenvalue weighted by molar-refractivity contribution is 5.23. The fourth-order valence-corrected chi connectivity index (χ4v) is 3.13. The smallest absolute Gasteiger partial charge is 0.124 e. The van der Waals surface area contributed by atoms with Crippen molar-refractivity contribution in [3.05, 3.63) is 11.5 Å². The molecule has 0 spiro atoms. The first kappa shape index (κ1) is 9.33. The standard InChI is InChI=1S/C11H20N4/c12-3-7-15-8-4-13-10-9-1-5-14(6-2-9)11(10)15/h9,13H,1-8,12H2. The average Bonchev–Trinajstić information content (AvgIpc) is 2.31. The van der Waals surface area contributed by atoms with Gasteiger partial charge in [-0.3, -0.25) is 0 Å². The van der Waals surface area contributed by atoms with Crippen molar-refractivity contribution in [1.29, 1.82) is 0 Å². The molecule has 15 heavy (non-hydrogen) atoms. The number of piperidine rings is 1. The molecular formula is C11H20N4. The molecule has 84 valence electrons. The van der Waals surface area contributed by atoms with Crippen molar-refractivity contribution in [3.8, 4) is 0 Å². The Kier molecular flexibility index (Phi) is 2.24. The number of fused-ring (bicyclic) bond motifs is 2. The molecule has 4 heterocycles. The van der Waals surface area contributed by atoms with Gasteiger partial charge in [0.25, 0.3) is 0 Å². The Morgan fingerprint density at radius 3 is 2.80 bits per heavy atom. The lowest BCUT2D eigenvalue weighted by atomic mass is 9.87. The Morgan fingerprint density at radius 2 is 2.07 bits per heavy atom. The van der Waals surface area contributed by atoms with Gasteiger partial charge in [-0.1, -0.05) is 0 Å². The van der Waals surface area contributed by atoms with Gasteiger partial charge < -0.3 is 20.9 Å². The topological polar surface area (TPSA) is 44.5 Å². The first-order valence-corrected chi connectivity index (χ1v) is 6.08. The van der Waals surface area contributed by atoms with Crippen molar-refractivity contribution >= 4 is 0 Å². The normalized spacial score (nSPS) is 25.7. The van der Waals surface area contributed by atoms with Crippen LogP contribution in [0.3, 0.4) is 0 Å². The van der Waals surface area contributed by atoms with E-state index < -0.39 is 0 Å². The van der Waals surface area contributed by atoms with Crippen LogP contribution in [0.2, 0.25) is 0 Å². The van der Waals surface area contributed by atoms with Crippen LogP contribution in [0.4, 0.5) is 0 Å².